The first-order chi connectivity index (χ1) is 9.83. The van der Waals surface area contributed by atoms with Crippen LogP contribution in [0.1, 0.15) is 30.9 Å². The summed E-state index contributed by atoms with van der Waals surface area (Å²) >= 11 is 0. The third-order valence-electron chi connectivity index (χ3n) is 4.34. The predicted molar refractivity (Wildman–Crippen MR) is 84.3 cm³/mol. The second-order valence-corrected chi connectivity index (χ2v) is 5.95. The van der Waals surface area contributed by atoms with Gasteiger partial charge in [-0.3, -0.25) is 4.90 Å². The van der Waals surface area contributed by atoms with E-state index < -0.39 is 0 Å². The molecule has 0 bridgehead atoms. The average molecular weight is 265 g/mol. The van der Waals surface area contributed by atoms with E-state index in [9.17, 15) is 0 Å². The Morgan fingerprint density at radius 3 is 1.70 bits per heavy atom. The summed E-state index contributed by atoms with van der Waals surface area (Å²) in [6.07, 6.45) is 2.81. The summed E-state index contributed by atoms with van der Waals surface area (Å²) < 4.78 is 0. The first kappa shape index (κ1) is 13.4. The fourth-order valence-electron chi connectivity index (χ4n) is 2.86. The number of benzene rings is 2. The molecule has 1 unspecified atom stereocenters. The normalized spacial score (nSPS) is 16.3. The lowest BCUT2D eigenvalue weighted by Crippen LogP contribution is -2.33. The average Bonchev–Trinajstić information content (AvgIpc) is 3.33. The topological polar surface area (TPSA) is 3.24 Å². The zero-order valence-corrected chi connectivity index (χ0v) is 12.2. The maximum absolute atomic E-state index is 2.63. The molecular weight excluding hydrogens is 242 g/mol. The van der Waals surface area contributed by atoms with E-state index in [1.807, 2.05) is 0 Å². The molecule has 0 radical (unpaired) electrons. The zero-order valence-electron chi connectivity index (χ0n) is 12.2. The molecule has 3 rings (SSSR count). The summed E-state index contributed by atoms with van der Waals surface area (Å²) in [5, 5.41) is 0. The van der Waals surface area contributed by atoms with E-state index in [0.29, 0.717) is 6.04 Å². The molecule has 0 N–H and O–H groups in total. The van der Waals surface area contributed by atoms with Crippen molar-refractivity contribution in [3.63, 3.8) is 0 Å². The van der Waals surface area contributed by atoms with Crippen LogP contribution in [0, 0.1) is 5.92 Å². The zero-order chi connectivity index (χ0) is 13.8. The highest BCUT2D eigenvalue weighted by Crippen LogP contribution is 2.36. The SMILES string of the molecule is CC(C1CC1)N(Cc1ccccc1)Cc1ccccc1. The van der Waals surface area contributed by atoms with Gasteiger partial charge in [0.05, 0.1) is 0 Å². The number of hydrogen-bond acceptors (Lipinski definition) is 1. The van der Waals surface area contributed by atoms with Crippen LogP contribution in [0.5, 0.6) is 0 Å². The van der Waals surface area contributed by atoms with Crippen LogP contribution in [-0.4, -0.2) is 10.9 Å². The molecule has 1 fully saturated rings. The van der Waals surface area contributed by atoms with Crippen molar-refractivity contribution in [2.75, 3.05) is 0 Å². The molecule has 2 aromatic carbocycles. The maximum atomic E-state index is 2.63. The predicted octanol–water partition coefficient (Wildman–Crippen LogP) is 4.49. The summed E-state index contributed by atoms with van der Waals surface area (Å²) in [5.41, 5.74) is 2.83. The fourth-order valence-corrected chi connectivity index (χ4v) is 2.86. The van der Waals surface area contributed by atoms with Gasteiger partial charge in [-0.05, 0) is 36.8 Å². The van der Waals surface area contributed by atoms with Gasteiger partial charge >= 0.3 is 0 Å². The Bertz CT molecular complexity index is 474. The Morgan fingerprint density at radius 2 is 1.30 bits per heavy atom. The van der Waals surface area contributed by atoms with Gasteiger partial charge in [-0.25, -0.2) is 0 Å². The highest BCUT2D eigenvalue weighted by molar-refractivity contribution is 5.17. The molecule has 0 saturated heterocycles. The standard InChI is InChI=1S/C19H23N/c1-16(19-12-13-19)20(14-17-8-4-2-5-9-17)15-18-10-6-3-7-11-18/h2-11,16,19H,12-15H2,1H3. The highest BCUT2D eigenvalue weighted by Gasteiger charge is 2.31. The molecule has 0 spiro atoms. The summed E-state index contributed by atoms with van der Waals surface area (Å²) in [5.74, 6) is 0.905. The molecule has 1 nitrogen and oxygen atoms in total. The molecule has 20 heavy (non-hydrogen) atoms. The minimum absolute atomic E-state index is 0.676. The van der Waals surface area contributed by atoms with Crippen molar-refractivity contribution in [1.29, 1.82) is 0 Å². The minimum atomic E-state index is 0.676. The van der Waals surface area contributed by atoms with Crippen molar-refractivity contribution >= 4 is 0 Å². The maximum Gasteiger partial charge on any atom is 0.0240 e. The van der Waals surface area contributed by atoms with E-state index >= 15 is 0 Å². The van der Waals surface area contributed by atoms with Gasteiger partial charge < -0.3 is 0 Å². The quantitative estimate of drug-likeness (QED) is 0.744. The minimum Gasteiger partial charge on any atom is -0.292 e. The van der Waals surface area contributed by atoms with Crippen LogP contribution < -0.4 is 0 Å². The lowest BCUT2D eigenvalue weighted by molar-refractivity contribution is 0.172. The van der Waals surface area contributed by atoms with Crippen LogP contribution in [0.2, 0.25) is 0 Å². The number of rotatable bonds is 6. The second-order valence-electron chi connectivity index (χ2n) is 5.95. The van der Waals surface area contributed by atoms with Crippen molar-refractivity contribution in [2.24, 2.45) is 5.92 Å². The first-order valence-electron chi connectivity index (χ1n) is 7.65. The van der Waals surface area contributed by atoms with Crippen molar-refractivity contribution in [3.05, 3.63) is 71.8 Å². The van der Waals surface area contributed by atoms with Gasteiger partial charge in [-0.1, -0.05) is 60.7 Å². The molecule has 0 aliphatic heterocycles. The third-order valence-corrected chi connectivity index (χ3v) is 4.34. The summed E-state index contributed by atoms with van der Waals surface area (Å²) in [4.78, 5) is 2.63. The van der Waals surface area contributed by atoms with Gasteiger partial charge in [0.2, 0.25) is 0 Å². The van der Waals surface area contributed by atoms with Crippen LogP contribution >= 0.6 is 0 Å². The van der Waals surface area contributed by atoms with Gasteiger partial charge in [0.15, 0.2) is 0 Å². The molecule has 1 atom stereocenters. The highest BCUT2D eigenvalue weighted by atomic mass is 15.2. The molecule has 1 saturated carbocycles. The van der Waals surface area contributed by atoms with E-state index in [1.165, 1.54) is 24.0 Å². The van der Waals surface area contributed by atoms with E-state index in [-0.39, 0.29) is 0 Å². The van der Waals surface area contributed by atoms with Gasteiger partial charge in [-0.15, -0.1) is 0 Å². The van der Waals surface area contributed by atoms with E-state index in [4.69, 9.17) is 0 Å². The summed E-state index contributed by atoms with van der Waals surface area (Å²) in [7, 11) is 0. The van der Waals surface area contributed by atoms with Crippen molar-refractivity contribution in [3.8, 4) is 0 Å². The van der Waals surface area contributed by atoms with E-state index in [1.54, 1.807) is 0 Å². The second kappa shape index (κ2) is 6.23. The molecule has 0 heterocycles. The summed E-state index contributed by atoms with van der Waals surface area (Å²) in [6.45, 7) is 4.49. The monoisotopic (exact) mass is 265 g/mol. The first-order valence-corrected chi connectivity index (χ1v) is 7.65. The van der Waals surface area contributed by atoms with Gasteiger partial charge in [0.25, 0.3) is 0 Å². The van der Waals surface area contributed by atoms with Crippen molar-refractivity contribution in [1.82, 2.24) is 4.90 Å². The van der Waals surface area contributed by atoms with Crippen LogP contribution in [0.3, 0.4) is 0 Å². The van der Waals surface area contributed by atoms with Crippen molar-refractivity contribution in [2.45, 2.75) is 38.9 Å². The smallest absolute Gasteiger partial charge is 0.0240 e. The lowest BCUT2D eigenvalue weighted by atomic mass is 10.1. The largest absolute Gasteiger partial charge is 0.292 e. The molecule has 104 valence electrons. The molecule has 1 aliphatic rings. The van der Waals surface area contributed by atoms with Gasteiger partial charge in [-0.2, -0.15) is 0 Å². The molecule has 1 aliphatic carbocycles. The number of nitrogens with zero attached hydrogens (tertiary/aromatic N) is 1. The van der Waals surface area contributed by atoms with Gasteiger partial charge in [0, 0.05) is 19.1 Å². The Kier molecular flexibility index (Phi) is 4.17. The Labute approximate surface area is 122 Å². The molecule has 1 heteroatoms. The molecular formula is C19H23N. The molecule has 2 aromatic rings. The van der Waals surface area contributed by atoms with E-state index in [2.05, 4.69) is 72.5 Å². The van der Waals surface area contributed by atoms with E-state index in [0.717, 1.165) is 19.0 Å². The van der Waals surface area contributed by atoms with Crippen LogP contribution in [0.25, 0.3) is 0 Å². The summed E-state index contributed by atoms with van der Waals surface area (Å²) in [6, 6.07) is 22.3. The Morgan fingerprint density at radius 1 is 0.850 bits per heavy atom. The van der Waals surface area contributed by atoms with Crippen LogP contribution in [0.4, 0.5) is 0 Å². The lowest BCUT2D eigenvalue weighted by Gasteiger charge is -2.29. The van der Waals surface area contributed by atoms with Crippen molar-refractivity contribution < 1.29 is 0 Å². The van der Waals surface area contributed by atoms with Gasteiger partial charge in [0.1, 0.15) is 0 Å². The third kappa shape index (κ3) is 3.49. The van der Waals surface area contributed by atoms with Crippen LogP contribution in [0.15, 0.2) is 60.7 Å². The number of hydrogen-bond donors (Lipinski definition) is 0. The molecule has 0 amide bonds. The Hall–Kier alpha value is -1.60. The Balaban J connectivity index is 1.73. The van der Waals surface area contributed by atoms with Crippen LogP contribution in [-0.2, 0) is 13.1 Å². The molecule has 0 aromatic heterocycles. The fraction of sp³-hybridized carbons (Fsp3) is 0.368.